The van der Waals surface area contributed by atoms with Crippen LogP contribution in [0, 0.1) is 0 Å². The minimum Gasteiger partial charge on any atom is -0.497 e. The van der Waals surface area contributed by atoms with E-state index in [1.54, 1.807) is 7.11 Å². The molecule has 7 heteroatoms. The van der Waals surface area contributed by atoms with Gasteiger partial charge in [0.25, 0.3) is 0 Å². The summed E-state index contributed by atoms with van der Waals surface area (Å²) < 4.78 is 13.6. The van der Waals surface area contributed by atoms with Crippen molar-refractivity contribution in [1.29, 1.82) is 0 Å². The normalized spacial score (nSPS) is 16.4. The Labute approximate surface area is 249 Å². The first kappa shape index (κ1) is 25.8. The third-order valence-electron chi connectivity index (χ3n) is 7.60. The molecule has 0 amide bonds. The summed E-state index contributed by atoms with van der Waals surface area (Å²) in [5, 5.41) is 6.62. The van der Waals surface area contributed by atoms with E-state index in [2.05, 4.69) is 75.6 Å². The van der Waals surface area contributed by atoms with Crippen LogP contribution in [-0.2, 0) is 0 Å². The molecule has 2 unspecified atom stereocenters. The predicted molar refractivity (Wildman–Crippen MR) is 171 cm³/mol. The molecule has 206 valence electrons. The molecule has 0 aliphatic carbocycles. The molecule has 0 bridgehead atoms. The van der Waals surface area contributed by atoms with Gasteiger partial charge in [0.05, 0.1) is 18.8 Å². The number of aromatic nitrogens is 2. The fourth-order valence-corrected chi connectivity index (χ4v) is 5.93. The standard InChI is InChI=1S/C35H28N4O2S/c1-40-28-17-19-30(20-18-28)41-29-15-13-26(14-16-29)39-34(33(37-35(39)42)31-9-4-5-21-36-31)32-10-6-22-38(32)27-12-11-24-7-2-3-8-25(24)23-27/h2-23,33-34H,1H3,(H,37,42). The van der Waals surface area contributed by atoms with Crippen LogP contribution in [0.3, 0.4) is 0 Å². The van der Waals surface area contributed by atoms with Crippen LogP contribution in [0.2, 0.25) is 0 Å². The van der Waals surface area contributed by atoms with Crippen LogP contribution in [-0.4, -0.2) is 21.8 Å². The molecule has 3 heterocycles. The summed E-state index contributed by atoms with van der Waals surface area (Å²) in [7, 11) is 1.65. The molecule has 6 nitrogen and oxygen atoms in total. The van der Waals surface area contributed by atoms with Crippen molar-refractivity contribution in [3.63, 3.8) is 0 Å². The van der Waals surface area contributed by atoms with E-state index in [9.17, 15) is 0 Å². The number of nitrogens with one attached hydrogen (secondary N) is 1. The highest BCUT2D eigenvalue weighted by Gasteiger charge is 2.42. The summed E-state index contributed by atoms with van der Waals surface area (Å²) in [6.07, 6.45) is 3.94. The monoisotopic (exact) mass is 568 g/mol. The molecule has 7 rings (SSSR count). The van der Waals surface area contributed by atoms with Crippen molar-refractivity contribution in [2.75, 3.05) is 12.0 Å². The van der Waals surface area contributed by atoms with Crippen molar-refractivity contribution in [3.05, 3.63) is 145 Å². The van der Waals surface area contributed by atoms with E-state index in [4.69, 9.17) is 26.7 Å². The number of benzene rings is 4. The molecule has 4 aromatic carbocycles. The lowest BCUT2D eigenvalue weighted by atomic mass is 10.0. The first-order chi connectivity index (χ1) is 20.7. The SMILES string of the molecule is COc1ccc(Oc2ccc(N3C(=S)NC(c4ccccn4)C3c3cccn3-c3ccc4ccccc4c3)cc2)cc1. The molecule has 0 saturated carbocycles. The molecule has 1 aliphatic rings. The van der Waals surface area contributed by atoms with Gasteiger partial charge < -0.3 is 24.3 Å². The van der Waals surface area contributed by atoms with Crippen molar-refractivity contribution in [3.8, 4) is 22.9 Å². The van der Waals surface area contributed by atoms with Gasteiger partial charge in [0.15, 0.2) is 5.11 Å². The Morgan fingerprint density at radius 3 is 2.14 bits per heavy atom. The van der Waals surface area contributed by atoms with Gasteiger partial charge in [0.1, 0.15) is 23.3 Å². The zero-order chi connectivity index (χ0) is 28.5. The Kier molecular flexibility index (Phi) is 6.78. The Morgan fingerprint density at radius 2 is 1.40 bits per heavy atom. The van der Waals surface area contributed by atoms with E-state index < -0.39 is 0 Å². The van der Waals surface area contributed by atoms with Crippen LogP contribution in [0.4, 0.5) is 5.69 Å². The van der Waals surface area contributed by atoms with Gasteiger partial charge in [-0.1, -0.05) is 36.4 Å². The average Bonchev–Trinajstić information content (AvgIpc) is 3.66. The molecule has 2 atom stereocenters. The van der Waals surface area contributed by atoms with E-state index >= 15 is 0 Å². The summed E-state index contributed by atoms with van der Waals surface area (Å²) in [4.78, 5) is 6.89. The number of rotatable bonds is 7. The molecule has 2 aromatic heterocycles. The van der Waals surface area contributed by atoms with Gasteiger partial charge in [0.2, 0.25) is 0 Å². The van der Waals surface area contributed by atoms with Crippen LogP contribution in [0.1, 0.15) is 23.5 Å². The Balaban J connectivity index is 1.26. The number of fused-ring (bicyclic) bond motifs is 1. The van der Waals surface area contributed by atoms with Crippen molar-refractivity contribution in [1.82, 2.24) is 14.9 Å². The van der Waals surface area contributed by atoms with Crippen LogP contribution in [0.15, 0.2) is 134 Å². The van der Waals surface area contributed by atoms with E-state index in [1.807, 2.05) is 72.9 Å². The largest absolute Gasteiger partial charge is 0.497 e. The van der Waals surface area contributed by atoms with Crippen LogP contribution in [0.5, 0.6) is 17.2 Å². The van der Waals surface area contributed by atoms with Crippen molar-refractivity contribution in [2.45, 2.75) is 12.1 Å². The molecular weight excluding hydrogens is 540 g/mol. The lowest BCUT2D eigenvalue weighted by Crippen LogP contribution is -2.30. The number of hydrogen-bond donors (Lipinski definition) is 1. The number of methoxy groups -OCH3 is 1. The molecule has 1 saturated heterocycles. The minimum atomic E-state index is -0.151. The van der Waals surface area contributed by atoms with Gasteiger partial charge in [-0.25, -0.2) is 0 Å². The average molecular weight is 569 g/mol. The second kappa shape index (κ2) is 11.0. The molecule has 1 N–H and O–H groups in total. The fourth-order valence-electron chi connectivity index (χ4n) is 5.58. The van der Waals surface area contributed by atoms with Gasteiger partial charge in [-0.05, 0) is 108 Å². The fraction of sp³-hybridized carbons (Fsp3) is 0.0857. The number of pyridine rings is 1. The van der Waals surface area contributed by atoms with Crippen molar-refractivity contribution < 1.29 is 9.47 Å². The first-order valence-electron chi connectivity index (χ1n) is 13.8. The maximum absolute atomic E-state index is 6.09. The van der Waals surface area contributed by atoms with Gasteiger partial charge in [-0.3, -0.25) is 4.98 Å². The van der Waals surface area contributed by atoms with Crippen LogP contribution in [0.25, 0.3) is 16.5 Å². The highest BCUT2D eigenvalue weighted by Crippen LogP contribution is 2.43. The van der Waals surface area contributed by atoms with Gasteiger partial charge in [0, 0.05) is 29.5 Å². The molecule has 1 fully saturated rings. The highest BCUT2D eigenvalue weighted by atomic mass is 32.1. The summed E-state index contributed by atoms with van der Waals surface area (Å²) in [6, 6.07) is 40.5. The lowest BCUT2D eigenvalue weighted by Gasteiger charge is -2.29. The number of ether oxygens (including phenoxy) is 2. The highest BCUT2D eigenvalue weighted by molar-refractivity contribution is 7.80. The van der Waals surface area contributed by atoms with Gasteiger partial charge in [-0.2, -0.15) is 0 Å². The summed E-state index contributed by atoms with van der Waals surface area (Å²) in [6.45, 7) is 0. The quantitative estimate of drug-likeness (QED) is 0.197. The van der Waals surface area contributed by atoms with E-state index in [-0.39, 0.29) is 12.1 Å². The topological polar surface area (TPSA) is 51.6 Å². The zero-order valence-corrected chi connectivity index (χ0v) is 23.7. The number of nitrogens with zero attached hydrogens (tertiary/aromatic N) is 3. The number of thiocarbonyl (C=S) groups is 1. The Bertz CT molecular complexity index is 1850. The molecule has 0 radical (unpaired) electrons. The number of anilines is 1. The first-order valence-corrected chi connectivity index (χ1v) is 14.2. The molecule has 0 spiro atoms. The van der Waals surface area contributed by atoms with Crippen LogP contribution >= 0.6 is 12.2 Å². The summed E-state index contributed by atoms with van der Waals surface area (Å²) in [5.74, 6) is 2.26. The number of hydrogen-bond acceptors (Lipinski definition) is 4. The van der Waals surface area contributed by atoms with E-state index in [0.29, 0.717) is 5.11 Å². The van der Waals surface area contributed by atoms with Crippen molar-refractivity contribution in [2.24, 2.45) is 0 Å². The third kappa shape index (κ3) is 4.84. The zero-order valence-electron chi connectivity index (χ0n) is 22.9. The maximum atomic E-state index is 6.09. The minimum absolute atomic E-state index is 0.150. The Hall–Kier alpha value is -5.14. The lowest BCUT2D eigenvalue weighted by molar-refractivity contribution is 0.413. The third-order valence-corrected chi connectivity index (χ3v) is 7.92. The van der Waals surface area contributed by atoms with E-state index in [1.165, 1.54) is 10.8 Å². The second-order valence-electron chi connectivity index (χ2n) is 10.1. The molecular formula is C35H28N4O2S. The molecule has 6 aromatic rings. The smallest absolute Gasteiger partial charge is 0.174 e. The van der Waals surface area contributed by atoms with Crippen molar-refractivity contribution >= 4 is 33.8 Å². The molecule has 42 heavy (non-hydrogen) atoms. The Morgan fingerprint density at radius 1 is 0.714 bits per heavy atom. The van der Waals surface area contributed by atoms with Gasteiger partial charge >= 0.3 is 0 Å². The van der Waals surface area contributed by atoms with Crippen LogP contribution < -0.4 is 19.7 Å². The second-order valence-corrected chi connectivity index (χ2v) is 10.5. The molecule has 1 aliphatic heterocycles. The summed E-state index contributed by atoms with van der Waals surface area (Å²) in [5.41, 5.74) is 4.09. The van der Waals surface area contributed by atoms with Gasteiger partial charge in [-0.15, -0.1) is 0 Å². The van der Waals surface area contributed by atoms with E-state index in [0.717, 1.165) is 40.0 Å². The maximum Gasteiger partial charge on any atom is 0.174 e. The summed E-state index contributed by atoms with van der Waals surface area (Å²) >= 11 is 5.97. The predicted octanol–water partition coefficient (Wildman–Crippen LogP) is 8.00.